The van der Waals surface area contributed by atoms with Crippen molar-refractivity contribution < 1.29 is 19.4 Å². The van der Waals surface area contributed by atoms with Crippen LogP contribution in [0.1, 0.15) is 25.7 Å². The molecule has 1 N–H and O–H groups in total. The van der Waals surface area contributed by atoms with Crippen molar-refractivity contribution in [2.24, 2.45) is 0 Å². The summed E-state index contributed by atoms with van der Waals surface area (Å²) in [5.74, 6) is -1.21. The van der Waals surface area contributed by atoms with Crippen molar-refractivity contribution in [1.29, 1.82) is 0 Å². The van der Waals surface area contributed by atoms with Crippen LogP contribution in [0, 0.1) is 0 Å². The number of carboxylic acids is 1. The van der Waals surface area contributed by atoms with Crippen LogP contribution in [0.4, 0.5) is 0 Å². The number of ether oxygens (including phenoxy) is 1. The molecule has 2 rings (SSSR count). The summed E-state index contributed by atoms with van der Waals surface area (Å²) in [4.78, 5) is 21.7. The monoisotopic (exact) mass is 194 g/mol. The number of carbonyl (C=O) groups excluding carboxylic acids is 1. The van der Waals surface area contributed by atoms with E-state index in [-0.39, 0.29) is 11.7 Å². The Morgan fingerprint density at radius 3 is 2.57 bits per heavy atom. The van der Waals surface area contributed by atoms with Crippen LogP contribution in [0.2, 0.25) is 0 Å². The van der Waals surface area contributed by atoms with Crippen LogP contribution in [-0.2, 0) is 14.3 Å². The number of cyclic esters (lactones) is 1. The Balaban J connectivity index is 2.36. The van der Waals surface area contributed by atoms with Gasteiger partial charge >= 0.3 is 11.9 Å². The van der Waals surface area contributed by atoms with Crippen molar-refractivity contribution in [3.05, 3.63) is 23.0 Å². The van der Waals surface area contributed by atoms with E-state index in [0.717, 1.165) is 30.9 Å². The van der Waals surface area contributed by atoms with E-state index in [1.54, 1.807) is 0 Å². The van der Waals surface area contributed by atoms with Crippen LogP contribution >= 0.6 is 0 Å². The number of hydrogen-bond donors (Lipinski definition) is 1. The molecule has 4 heteroatoms. The van der Waals surface area contributed by atoms with Crippen molar-refractivity contribution in [1.82, 2.24) is 0 Å². The van der Waals surface area contributed by atoms with E-state index in [9.17, 15) is 9.59 Å². The Hall–Kier alpha value is -1.58. The molecule has 0 aromatic rings. The highest BCUT2D eigenvalue weighted by Crippen LogP contribution is 2.36. The second-order valence-electron chi connectivity index (χ2n) is 3.40. The number of carboxylic acid groups (broad SMARTS) is 1. The maximum Gasteiger partial charge on any atom is 0.339 e. The topological polar surface area (TPSA) is 63.6 Å². The highest BCUT2D eigenvalue weighted by molar-refractivity contribution is 5.96. The first-order chi connectivity index (χ1) is 6.68. The number of carbonyl (C=O) groups is 2. The van der Waals surface area contributed by atoms with Crippen molar-refractivity contribution in [2.45, 2.75) is 25.7 Å². The van der Waals surface area contributed by atoms with Crippen LogP contribution < -0.4 is 0 Å². The van der Waals surface area contributed by atoms with Gasteiger partial charge in [-0.25, -0.2) is 9.59 Å². The fourth-order valence-electron chi connectivity index (χ4n) is 1.85. The summed E-state index contributed by atoms with van der Waals surface area (Å²) in [6.45, 7) is 0. The first-order valence-corrected chi connectivity index (χ1v) is 4.57. The number of esters is 1. The largest absolute Gasteiger partial charge is 0.478 e. The quantitative estimate of drug-likeness (QED) is 0.506. The van der Waals surface area contributed by atoms with Gasteiger partial charge in [-0.05, 0) is 25.7 Å². The van der Waals surface area contributed by atoms with Crippen LogP contribution in [0.25, 0.3) is 0 Å². The lowest BCUT2D eigenvalue weighted by atomic mass is 9.92. The van der Waals surface area contributed by atoms with Gasteiger partial charge in [0.15, 0.2) is 0 Å². The molecule has 1 aliphatic carbocycles. The average molecular weight is 194 g/mol. The summed E-state index contributed by atoms with van der Waals surface area (Å²) in [6, 6.07) is 0. The van der Waals surface area contributed by atoms with Crippen LogP contribution in [0.15, 0.2) is 23.0 Å². The molecule has 74 valence electrons. The Morgan fingerprint density at radius 2 is 1.93 bits per heavy atom. The predicted octanol–water partition coefficient (Wildman–Crippen LogP) is 1.38. The van der Waals surface area contributed by atoms with E-state index < -0.39 is 5.97 Å². The van der Waals surface area contributed by atoms with Crippen LogP contribution in [0.5, 0.6) is 0 Å². The highest BCUT2D eigenvalue weighted by atomic mass is 16.5. The van der Waals surface area contributed by atoms with Crippen molar-refractivity contribution in [2.75, 3.05) is 0 Å². The van der Waals surface area contributed by atoms with E-state index in [0.29, 0.717) is 12.0 Å². The lowest BCUT2D eigenvalue weighted by molar-refractivity contribution is -0.133. The molecule has 0 radical (unpaired) electrons. The zero-order valence-corrected chi connectivity index (χ0v) is 7.58. The molecular weight excluding hydrogens is 184 g/mol. The van der Waals surface area contributed by atoms with E-state index in [1.165, 1.54) is 0 Å². The highest BCUT2D eigenvalue weighted by Gasteiger charge is 2.31. The molecule has 4 nitrogen and oxygen atoms in total. The van der Waals surface area contributed by atoms with E-state index in [2.05, 4.69) is 0 Å². The lowest BCUT2D eigenvalue weighted by Gasteiger charge is -2.09. The van der Waals surface area contributed by atoms with E-state index in [4.69, 9.17) is 9.84 Å². The summed E-state index contributed by atoms with van der Waals surface area (Å²) in [5.41, 5.74) is 1.47. The molecule has 0 saturated carbocycles. The molecule has 0 fully saturated rings. The van der Waals surface area contributed by atoms with Gasteiger partial charge in [-0.2, -0.15) is 0 Å². The van der Waals surface area contributed by atoms with Crippen molar-refractivity contribution >= 4 is 11.9 Å². The second kappa shape index (κ2) is 3.29. The molecule has 0 aromatic carbocycles. The molecule has 0 saturated heterocycles. The smallest absolute Gasteiger partial charge is 0.339 e. The van der Waals surface area contributed by atoms with Gasteiger partial charge in [0, 0.05) is 11.1 Å². The molecule has 1 heterocycles. The zero-order valence-electron chi connectivity index (χ0n) is 7.58. The Kier molecular flexibility index (Phi) is 2.11. The SMILES string of the molecule is O=C(O)/C=C1/OC(=O)C2=C1CCCC2. The Bertz CT molecular complexity index is 362. The molecule has 0 aromatic heterocycles. The molecule has 2 aliphatic rings. The standard InChI is InChI=1S/C10H10O4/c11-9(12)5-8-6-3-1-2-4-7(6)10(13)14-8/h5H,1-4H2,(H,11,12)/b8-5+. The summed E-state index contributed by atoms with van der Waals surface area (Å²) in [7, 11) is 0. The van der Waals surface area contributed by atoms with Gasteiger partial charge in [-0.3, -0.25) is 0 Å². The molecule has 0 amide bonds. The summed E-state index contributed by atoms with van der Waals surface area (Å²) in [5, 5.41) is 8.56. The Labute approximate surface area is 80.9 Å². The third kappa shape index (κ3) is 1.43. The zero-order chi connectivity index (χ0) is 10.1. The van der Waals surface area contributed by atoms with Crippen LogP contribution in [0.3, 0.4) is 0 Å². The number of hydrogen-bond acceptors (Lipinski definition) is 3. The van der Waals surface area contributed by atoms with Gasteiger partial charge in [0.2, 0.25) is 0 Å². The van der Waals surface area contributed by atoms with Gasteiger partial charge in [0.25, 0.3) is 0 Å². The average Bonchev–Trinajstić information content (AvgIpc) is 2.44. The van der Waals surface area contributed by atoms with Gasteiger partial charge < -0.3 is 9.84 Å². The fourth-order valence-corrected chi connectivity index (χ4v) is 1.85. The normalized spacial score (nSPS) is 23.7. The first kappa shape index (κ1) is 8.99. The van der Waals surface area contributed by atoms with Gasteiger partial charge in [0.1, 0.15) is 5.76 Å². The fraction of sp³-hybridized carbons (Fsp3) is 0.400. The van der Waals surface area contributed by atoms with Gasteiger partial charge in [-0.15, -0.1) is 0 Å². The van der Waals surface area contributed by atoms with E-state index >= 15 is 0 Å². The van der Waals surface area contributed by atoms with Crippen LogP contribution in [-0.4, -0.2) is 17.0 Å². The van der Waals surface area contributed by atoms with Gasteiger partial charge in [0.05, 0.1) is 6.08 Å². The maximum atomic E-state index is 11.3. The molecule has 0 bridgehead atoms. The van der Waals surface area contributed by atoms with Crippen molar-refractivity contribution in [3.8, 4) is 0 Å². The summed E-state index contributed by atoms with van der Waals surface area (Å²) < 4.78 is 4.89. The lowest BCUT2D eigenvalue weighted by Crippen LogP contribution is -2.01. The molecule has 0 spiro atoms. The number of allylic oxidation sites excluding steroid dienone is 1. The minimum Gasteiger partial charge on any atom is -0.478 e. The summed E-state index contributed by atoms with van der Waals surface area (Å²) >= 11 is 0. The molecule has 1 aliphatic heterocycles. The molecule has 0 unspecified atom stereocenters. The number of rotatable bonds is 1. The first-order valence-electron chi connectivity index (χ1n) is 4.57. The molecular formula is C10H10O4. The molecule has 0 atom stereocenters. The second-order valence-corrected chi connectivity index (χ2v) is 3.40. The number of aliphatic carboxylic acids is 1. The summed E-state index contributed by atoms with van der Waals surface area (Å²) in [6.07, 6.45) is 4.40. The molecule has 14 heavy (non-hydrogen) atoms. The predicted molar refractivity (Wildman–Crippen MR) is 47.3 cm³/mol. The van der Waals surface area contributed by atoms with E-state index in [1.807, 2.05) is 0 Å². The maximum absolute atomic E-state index is 11.3. The minimum atomic E-state index is -1.08. The minimum absolute atomic E-state index is 0.234. The third-order valence-electron chi connectivity index (χ3n) is 2.47. The van der Waals surface area contributed by atoms with Gasteiger partial charge in [-0.1, -0.05) is 0 Å². The third-order valence-corrected chi connectivity index (χ3v) is 2.47. The Morgan fingerprint density at radius 1 is 1.29 bits per heavy atom. The van der Waals surface area contributed by atoms with Crippen molar-refractivity contribution in [3.63, 3.8) is 0 Å².